The molecule has 4 heteroatoms. The summed E-state index contributed by atoms with van der Waals surface area (Å²) in [5.74, 6) is 0.0915. The van der Waals surface area contributed by atoms with Crippen LogP contribution >= 0.6 is 15.9 Å². The van der Waals surface area contributed by atoms with Gasteiger partial charge in [-0.3, -0.25) is 9.78 Å². The third-order valence-corrected chi connectivity index (χ3v) is 6.28. The minimum absolute atomic E-state index is 0.0915. The number of carbonyl (C=O) groups is 1. The minimum atomic E-state index is 0.0915. The van der Waals surface area contributed by atoms with E-state index in [0.717, 1.165) is 33.8 Å². The highest BCUT2D eigenvalue weighted by Gasteiger charge is 2.08. The summed E-state index contributed by atoms with van der Waals surface area (Å²) in [6.45, 7) is 2.27. The number of aromatic nitrogens is 1. The predicted octanol–water partition coefficient (Wildman–Crippen LogP) is 8.97. The Hall–Kier alpha value is -1.68. The summed E-state index contributed by atoms with van der Waals surface area (Å²) in [4.78, 5) is 16.5. The van der Waals surface area contributed by atoms with Gasteiger partial charge in [0.05, 0.1) is 0 Å². The number of benzene rings is 1. The summed E-state index contributed by atoms with van der Waals surface area (Å²) in [6.07, 6.45) is 25.4. The van der Waals surface area contributed by atoms with Crippen LogP contribution in [0.25, 0.3) is 10.8 Å². The van der Waals surface area contributed by atoms with Crippen molar-refractivity contribution in [3.8, 4) is 0 Å². The van der Waals surface area contributed by atoms with Gasteiger partial charge in [0.15, 0.2) is 0 Å². The van der Waals surface area contributed by atoms with Gasteiger partial charge >= 0.3 is 0 Å². The first-order valence-corrected chi connectivity index (χ1v) is 13.0. The number of fused-ring (bicyclic) bond motifs is 1. The lowest BCUT2D eigenvalue weighted by Crippen LogP contribution is -2.11. The number of anilines is 1. The SMILES string of the molecule is CCCCCCCC/C=C\CCCCCCCC(=O)Nc1cccc2cncc(Br)c12. The first-order chi connectivity index (χ1) is 15.2. The molecule has 0 atom stereocenters. The molecule has 0 aliphatic carbocycles. The van der Waals surface area contributed by atoms with Crippen LogP contribution in [0, 0.1) is 0 Å². The molecule has 0 aliphatic rings. The Labute approximate surface area is 197 Å². The Balaban J connectivity index is 1.49. The largest absolute Gasteiger partial charge is 0.325 e. The molecule has 0 saturated carbocycles. The molecular formula is C27H39BrN2O. The topological polar surface area (TPSA) is 42.0 Å². The van der Waals surface area contributed by atoms with Crippen LogP contribution in [0.2, 0.25) is 0 Å². The maximum absolute atomic E-state index is 12.4. The van der Waals surface area contributed by atoms with Crippen LogP contribution in [0.3, 0.4) is 0 Å². The zero-order chi connectivity index (χ0) is 22.2. The molecule has 1 heterocycles. The molecule has 170 valence electrons. The number of carbonyl (C=O) groups excluding carboxylic acids is 1. The van der Waals surface area contributed by atoms with Crippen molar-refractivity contribution in [2.45, 2.75) is 96.8 Å². The number of hydrogen-bond donors (Lipinski definition) is 1. The van der Waals surface area contributed by atoms with Crippen molar-refractivity contribution in [1.29, 1.82) is 0 Å². The minimum Gasteiger partial charge on any atom is -0.325 e. The zero-order valence-electron chi connectivity index (χ0n) is 19.2. The number of halogens is 1. The second kappa shape index (κ2) is 16.0. The highest BCUT2D eigenvalue weighted by Crippen LogP contribution is 2.29. The number of hydrogen-bond acceptors (Lipinski definition) is 2. The predicted molar refractivity (Wildman–Crippen MR) is 138 cm³/mol. The van der Waals surface area contributed by atoms with Crippen molar-refractivity contribution in [2.24, 2.45) is 0 Å². The molecule has 0 unspecified atom stereocenters. The number of nitrogens with zero attached hydrogens (tertiary/aromatic N) is 1. The van der Waals surface area contributed by atoms with E-state index in [-0.39, 0.29) is 5.91 Å². The Bertz CT molecular complexity index is 798. The Kier molecular flexibility index (Phi) is 13.2. The molecule has 0 spiro atoms. The molecule has 31 heavy (non-hydrogen) atoms. The van der Waals surface area contributed by atoms with Crippen molar-refractivity contribution in [1.82, 2.24) is 4.98 Å². The van der Waals surface area contributed by atoms with E-state index in [4.69, 9.17) is 0 Å². The molecular weight excluding hydrogens is 448 g/mol. The van der Waals surface area contributed by atoms with E-state index in [1.165, 1.54) is 70.6 Å². The van der Waals surface area contributed by atoms with E-state index in [2.05, 4.69) is 45.3 Å². The van der Waals surface area contributed by atoms with Crippen LogP contribution < -0.4 is 5.32 Å². The van der Waals surface area contributed by atoms with Crippen molar-refractivity contribution >= 4 is 38.3 Å². The van der Waals surface area contributed by atoms with E-state index in [1.807, 2.05) is 24.4 Å². The molecule has 0 fully saturated rings. The maximum Gasteiger partial charge on any atom is 0.224 e. The number of rotatable bonds is 16. The Morgan fingerprint density at radius 2 is 1.55 bits per heavy atom. The molecule has 0 radical (unpaired) electrons. The number of allylic oxidation sites excluding steroid dienone is 2. The lowest BCUT2D eigenvalue weighted by molar-refractivity contribution is -0.116. The van der Waals surface area contributed by atoms with Crippen LogP contribution in [0.1, 0.15) is 96.8 Å². The summed E-state index contributed by atoms with van der Waals surface area (Å²) in [6, 6.07) is 5.91. The quantitative estimate of drug-likeness (QED) is 0.190. The second-order valence-corrected chi connectivity index (χ2v) is 9.26. The van der Waals surface area contributed by atoms with Crippen LogP contribution in [0.15, 0.2) is 47.2 Å². The summed E-state index contributed by atoms with van der Waals surface area (Å²) in [5.41, 5.74) is 0.851. The van der Waals surface area contributed by atoms with E-state index in [9.17, 15) is 4.79 Å². The van der Waals surface area contributed by atoms with Gasteiger partial charge < -0.3 is 5.32 Å². The smallest absolute Gasteiger partial charge is 0.224 e. The monoisotopic (exact) mass is 486 g/mol. The average Bonchev–Trinajstić information content (AvgIpc) is 2.76. The van der Waals surface area contributed by atoms with Gasteiger partial charge in [-0.25, -0.2) is 0 Å². The van der Waals surface area contributed by atoms with Gasteiger partial charge in [0, 0.05) is 39.7 Å². The molecule has 0 aliphatic heterocycles. The molecule has 1 aromatic heterocycles. The van der Waals surface area contributed by atoms with Gasteiger partial charge in [-0.05, 0) is 54.1 Å². The molecule has 2 rings (SSSR count). The molecule has 1 N–H and O–H groups in total. The van der Waals surface area contributed by atoms with Crippen molar-refractivity contribution in [3.63, 3.8) is 0 Å². The lowest BCUT2D eigenvalue weighted by Gasteiger charge is -2.10. The number of pyridine rings is 1. The van der Waals surface area contributed by atoms with E-state index >= 15 is 0 Å². The maximum atomic E-state index is 12.4. The van der Waals surface area contributed by atoms with Gasteiger partial charge in [0.1, 0.15) is 0 Å². The normalized spacial score (nSPS) is 11.4. The fourth-order valence-corrected chi connectivity index (χ4v) is 4.43. The molecule has 1 aromatic carbocycles. The fourth-order valence-electron chi connectivity index (χ4n) is 3.87. The van der Waals surface area contributed by atoms with Crippen LogP contribution in [-0.4, -0.2) is 10.9 Å². The average molecular weight is 488 g/mol. The van der Waals surface area contributed by atoms with E-state index in [0.29, 0.717) is 6.42 Å². The van der Waals surface area contributed by atoms with Crippen molar-refractivity contribution in [2.75, 3.05) is 5.32 Å². The third-order valence-electron chi connectivity index (χ3n) is 5.68. The second-order valence-electron chi connectivity index (χ2n) is 8.41. The standard InChI is InChI=1S/C27H39BrN2O/c1-2-3-4-5-6-7-8-9-10-11-12-13-14-15-16-20-26(31)30-25-19-17-18-23-21-29-22-24(28)27(23)25/h9-10,17-19,21-22H,2-8,11-16,20H2,1H3,(H,30,31)/b10-9-. The first kappa shape index (κ1) is 25.6. The van der Waals surface area contributed by atoms with Gasteiger partial charge in [-0.15, -0.1) is 0 Å². The number of nitrogens with one attached hydrogen (secondary N) is 1. The van der Waals surface area contributed by atoms with E-state index in [1.54, 1.807) is 6.20 Å². The number of unbranched alkanes of at least 4 members (excludes halogenated alkanes) is 11. The summed E-state index contributed by atoms with van der Waals surface area (Å²) < 4.78 is 0.905. The molecule has 0 saturated heterocycles. The Morgan fingerprint density at radius 3 is 2.26 bits per heavy atom. The van der Waals surface area contributed by atoms with Crippen LogP contribution in [-0.2, 0) is 4.79 Å². The zero-order valence-corrected chi connectivity index (χ0v) is 20.8. The molecule has 0 bridgehead atoms. The summed E-state index contributed by atoms with van der Waals surface area (Å²) in [7, 11) is 0. The first-order valence-electron chi connectivity index (χ1n) is 12.2. The van der Waals surface area contributed by atoms with Crippen LogP contribution in [0.4, 0.5) is 5.69 Å². The van der Waals surface area contributed by atoms with E-state index < -0.39 is 0 Å². The van der Waals surface area contributed by atoms with Gasteiger partial charge in [0.2, 0.25) is 5.91 Å². The highest BCUT2D eigenvalue weighted by atomic mass is 79.9. The lowest BCUT2D eigenvalue weighted by atomic mass is 10.1. The van der Waals surface area contributed by atoms with Gasteiger partial charge in [0.25, 0.3) is 0 Å². The number of amides is 1. The summed E-state index contributed by atoms with van der Waals surface area (Å²) >= 11 is 3.54. The highest BCUT2D eigenvalue weighted by molar-refractivity contribution is 9.10. The Morgan fingerprint density at radius 1 is 0.903 bits per heavy atom. The third kappa shape index (κ3) is 10.5. The molecule has 1 amide bonds. The molecule has 2 aromatic rings. The van der Waals surface area contributed by atoms with Gasteiger partial charge in [-0.1, -0.05) is 82.6 Å². The molecule has 3 nitrogen and oxygen atoms in total. The van der Waals surface area contributed by atoms with Crippen molar-refractivity contribution in [3.05, 3.63) is 47.2 Å². The summed E-state index contributed by atoms with van der Waals surface area (Å²) in [5, 5.41) is 5.10. The van der Waals surface area contributed by atoms with Crippen LogP contribution in [0.5, 0.6) is 0 Å². The fraction of sp³-hybridized carbons (Fsp3) is 0.556. The van der Waals surface area contributed by atoms with Crippen molar-refractivity contribution < 1.29 is 4.79 Å². The van der Waals surface area contributed by atoms with Gasteiger partial charge in [-0.2, -0.15) is 0 Å².